The van der Waals surface area contributed by atoms with Crippen LogP contribution in [0.4, 0.5) is 0 Å². The summed E-state index contributed by atoms with van der Waals surface area (Å²) in [4.78, 5) is 13.4. The van der Waals surface area contributed by atoms with Gasteiger partial charge in [-0.05, 0) is 35.1 Å². The average molecular weight is 536 g/mol. The monoisotopic (exact) mass is 534 g/mol. The minimum absolute atomic E-state index is 0.0757. The van der Waals surface area contributed by atoms with Crippen LogP contribution in [0.15, 0.2) is 66.7 Å². The van der Waals surface area contributed by atoms with Gasteiger partial charge in [0.05, 0.1) is 9.40 Å². The molecular formula is C29H27BrOS2. The third kappa shape index (κ3) is 4.18. The van der Waals surface area contributed by atoms with Gasteiger partial charge in [-0.15, -0.1) is 22.7 Å². The number of fused-ring (bicyclic) bond motifs is 5. The van der Waals surface area contributed by atoms with E-state index in [1.807, 2.05) is 28.7 Å². The van der Waals surface area contributed by atoms with Gasteiger partial charge in [0.2, 0.25) is 0 Å². The quantitative estimate of drug-likeness (QED) is 0.156. The summed E-state index contributed by atoms with van der Waals surface area (Å²) in [5.41, 5.74) is 2.99. The maximum Gasteiger partial charge on any atom is 0.168 e. The molecule has 0 radical (unpaired) electrons. The summed E-state index contributed by atoms with van der Waals surface area (Å²) in [6.45, 7) is 8.58. The predicted octanol–water partition coefficient (Wildman–Crippen LogP) is 9.96. The molecule has 0 atom stereocenters. The molecule has 0 unspecified atom stereocenters. The number of carbonyl (C=O) groups excluding carboxylic acids is 1. The first-order valence-electron chi connectivity index (χ1n) is 11.2. The summed E-state index contributed by atoms with van der Waals surface area (Å²) in [7, 11) is 0. The van der Waals surface area contributed by atoms with Gasteiger partial charge in [0.25, 0.3) is 0 Å². The van der Waals surface area contributed by atoms with E-state index in [9.17, 15) is 4.79 Å². The Kier molecular flexibility index (Phi) is 5.75. The Labute approximate surface area is 211 Å². The summed E-state index contributed by atoms with van der Waals surface area (Å²) in [5.74, 6) is 0.229. The number of rotatable bonds is 6. The second kappa shape index (κ2) is 8.33. The Balaban J connectivity index is 1.54. The van der Waals surface area contributed by atoms with Crippen molar-refractivity contribution in [2.24, 2.45) is 10.8 Å². The fourth-order valence-electron chi connectivity index (χ4n) is 4.92. The van der Waals surface area contributed by atoms with E-state index in [0.717, 1.165) is 17.3 Å². The molecule has 1 nitrogen and oxygen atoms in total. The number of alkyl halides is 1. The lowest BCUT2D eigenvalue weighted by Gasteiger charge is -2.32. The van der Waals surface area contributed by atoms with Crippen LogP contribution in [0.25, 0.3) is 40.7 Å². The van der Waals surface area contributed by atoms with Gasteiger partial charge in [-0.2, -0.15) is 0 Å². The van der Waals surface area contributed by atoms with Gasteiger partial charge >= 0.3 is 0 Å². The summed E-state index contributed by atoms with van der Waals surface area (Å²) in [5, 5.41) is 3.45. The van der Waals surface area contributed by atoms with Crippen LogP contribution >= 0.6 is 38.6 Å². The molecule has 3 aromatic carbocycles. The molecule has 4 heteroatoms. The summed E-state index contributed by atoms with van der Waals surface area (Å²) in [6.07, 6.45) is 0.843. The third-order valence-corrected chi connectivity index (χ3v) is 10.4. The molecule has 0 saturated carbocycles. The van der Waals surface area contributed by atoms with Gasteiger partial charge in [-0.25, -0.2) is 0 Å². The molecule has 0 saturated heterocycles. The zero-order chi connectivity index (χ0) is 23.4. The second-order valence-corrected chi connectivity index (χ2v) is 13.0. The summed E-state index contributed by atoms with van der Waals surface area (Å²) in [6, 6.07) is 23.6. The van der Waals surface area contributed by atoms with Crippen LogP contribution in [0, 0.1) is 10.8 Å². The number of carbonyl (C=O) groups is 1. The number of thiophene rings is 2. The number of Topliss-reactive ketones (excluding diaryl/α,β-unsaturated/α-hetero) is 1. The van der Waals surface area contributed by atoms with E-state index in [0.29, 0.717) is 0 Å². The maximum absolute atomic E-state index is 13.4. The van der Waals surface area contributed by atoms with Crippen molar-refractivity contribution in [1.82, 2.24) is 0 Å². The molecule has 5 rings (SSSR count). The van der Waals surface area contributed by atoms with Crippen LogP contribution in [0.2, 0.25) is 0 Å². The van der Waals surface area contributed by atoms with Crippen molar-refractivity contribution in [2.75, 3.05) is 5.33 Å². The number of hydrogen-bond donors (Lipinski definition) is 0. The molecule has 2 aromatic heterocycles. The fraction of sp³-hybridized carbons (Fsp3) is 0.276. The first kappa shape index (κ1) is 22.8. The highest BCUT2D eigenvalue weighted by molar-refractivity contribution is 9.09. The average Bonchev–Trinajstić information content (AvgIpc) is 3.33. The van der Waals surface area contributed by atoms with Crippen molar-refractivity contribution in [2.45, 2.75) is 34.1 Å². The highest BCUT2D eigenvalue weighted by Crippen LogP contribution is 2.46. The SMILES string of the molecule is CC(C)(CBr)CC(C)(C)C(=O)c1ccc2c(c1)sc1c3ccc(-c4ccccc4)cc3sc21. The highest BCUT2D eigenvalue weighted by Gasteiger charge is 2.35. The molecule has 5 aromatic rings. The smallest absolute Gasteiger partial charge is 0.168 e. The van der Waals surface area contributed by atoms with E-state index in [-0.39, 0.29) is 11.2 Å². The number of benzene rings is 3. The molecule has 0 aliphatic heterocycles. The minimum atomic E-state index is -0.403. The third-order valence-electron chi connectivity index (χ3n) is 6.35. The summed E-state index contributed by atoms with van der Waals surface area (Å²) >= 11 is 7.27. The Hall–Kier alpha value is -2.01. The normalized spacial score (nSPS) is 12.8. The van der Waals surface area contributed by atoms with Crippen molar-refractivity contribution in [1.29, 1.82) is 0 Å². The molecule has 0 spiro atoms. The van der Waals surface area contributed by atoms with E-state index in [1.54, 1.807) is 0 Å². The second-order valence-electron chi connectivity index (χ2n) is 10.3. The lowest BCUT2D eigenvalue weighted by Crippen LogP contribution is -2.31. The van der Waals surface area contributed by atoms with Gasteiger partial charge in [0.15, 0.2) is 5.78 Å². The van der Waals surface area contributed by atoms with Crippen LogP contribution in [-0.4, -0.2) is 11.1 Å². The molecule has 168 valence electrons. The molecule has 0 aliphatic carbocycles. The highest BCUT2D eigenvalue weighted by atomic mass is 79.9. The Bertz CT molecular complexity index is 1490. The molecule has 0 N–H and O–H groups in total. The minimum Gasteiger partial charge on any atom is -0.294 e. The van der Waals surface area contributed by atoms with Gasteiger partial charge in [-0.3, -0.25) is 4.79 Å². The molecule has 0 amide bonds. The van der Waals surface area contributed by atoms with E-state index < -0.39 is 5.41 Å². The largest absolute Gasteiger partial charge is 0.294 e. The van der Waals surface area contributed by atoms with Crippen molar-refractivity contribution < 1.29 is 4.79 Å². The van der Waals surface area contributed by atoms with Crippen LogP contribution < -0.4 is 0 Å². The number of hydrogen-bond acceptors (Lipinski definition) is 3. The zero-order valence-electron chi connectivity index (χ0n) is 19.4. The first-order valence-corrected chi connectivity index (χ1v) is 14.0. The fourth-order valence-corrected chi connectivity index (χ4v) is 7.85. The van der Waals surface area contributed by atoms with Crippen LogP contribution in [0.3, 0.4) is 0 Å². The summed E-state index contributed by atoms with van der Waals surface area (Å²) < 4.78 is 5.17. The van der Waals surface area contributed by atoms with E-state index in [2.05, 4.69) is 104 Å². The van der Waals surface area contributed by atoms with Crippen molar-refractivity contribution in [3.05, 3.63) is 72.3 Å². The van der Waals surface area contributed by atoms with E-state index in [1.165, 1.54) is 40.7 Å². The van der Waals surface area contributed by atoms with Gasteiger partial charge in [-0.1, -0.05) is 98.2 Å². The Morgan fingerprint density at radius 2 is 1.39 bits per heavy atom. The van der Waals surface area contributed by atoms with Gasteiger partial charge < -0.3 is 0 Å². The van der Waals surface area contributed by atoms with Crippen LogP contribution in [-0.2, 0) is 0 Å². The zero-order valence-corrected chi connectivity index (χ0v) is 22.6. The topological polar surface area (TPSA) is 17.1 Å². The van der Waals surface area contributed by atoms with Crippen LogP contribution in [0.5, 0.6) is 0 Å². The van der Waals surface area contributed by atoms with E-state index >= 15 is 0 Å². The lowest BCUT2D eigenvalue weighted by atomic mass is 9.72. The van der Waals surface area contributed by atoms with Crippen molar-refractivity contribution >= 4 is 74.0 Å². The maximum atomic E-state index is 13.4. The first-order chi connectivity index (χ1) is 15.7. The Morgan fingerprint density at radius 1 is 0.788 bits per heavy atom. The molecule has 33 heavy (non-hydrogen) atoms. The van der Waals surface area contributed by atoms with Crippen molar-refractivity contribution in [3.8, 4) is 11.1 Å². The lowest BCUT2D eigenvalue weighted by molar-refractivity contribution is 0.0774. The van der Waals surface area contributed by atoms with Gasteiger partial charge in [0, 0.05) is 36.5 Å². The number of ketones is 1. The van der Waals surface area contributed by atoms with E-state index in [4.69, 9.17) is 0 Å². The molecule has 0 bridgehead atoms. The molecular weight excluding hydrogens is 508 g/mol. The molecule has 0 fully saturated rings. The number of halogens is 1. The van der Waals surface area contributed by atoms with Crippen LogP contribution in [0.1, 0.15) is 44.5 Å². The molecule has 2 heterocycles. The standard InChI is InChI=1S/C29H27BrOS2/c1-28(2,17-30)16-29(3,4)27(31)20-11-13-22-24(15-20)33-25-21-12-10-19(14-23(21)32-26(22)25)18-8-6-5-7-9-18/h5-15H,16-17H2,1-4H3. The molecule has 0 aliphatic rings. The Morgan fingerprint density at radius 3 is 2.03 bits per heavy atom. The van der Waals surface area contributed by atoms with Gasteiger partial charge in [0.1, 0.15) is 0 Å². The predicted molar refractivity (Wildman–Crippen MR) is 150 cm³/mol. The van der Waals surface area contributed by atoms with Crippen molar-refractivity contribution in [3.63, 3.8) is 0 Å².